The van der Waals surface area contributed by atoms with Gasteiger partial charge >= 0.3 is 0 Å². The van der Waals surface area contributed by atoms with Gasteiger partial charge in [0.25, 0.3) is 0 Å². The summed E-state index contributed by atoms with van der Waals surface area (Å²) < 4.78 is 0. The van der Waals surface area contributed by atoms with Gasteiger partial charge in [-0.2, -0.15) is 10.0 Å². The summed E-state index contributed by atoms with van der Waals surface area (Å²) in [4.78, 5) is 2.61. The fourth-order valence-corrected chi connectivity index (χ4v) is 1.93. The van der Waals surface area contributed by atoms with E-state index in [0.29, 0.717) is 18.2 Å². The van der Waals surface area contributed by atoms with E-state index >= 15 is 0 Å². The van der Waals surface area contributed by atoms with E-state index in [1.807, 2.05) is 30.5 Å². The number of benzene rings is 1. The van der Waals surface area contributed by atoms with Crippen LogP contribution in [0.5, 0.6) is 0 Å². The topological polar surface area (TPSA) is 96.4 Å². The fourth-order valence-electron chi connectivity index (χ4n) is 1.52. The third-order valence-electron chi connectivity index (χ3n) is 2.44. The summed E-state index contributed by atoms with van der Waals surface area (Å²) in [6.07, 6.45) is 2.03. The number of nitrogens with zero attached hydrogens (tertiary/aromatic N) is 8. The lowest BCUT2D eigenvalue weighted by atomic mass is 10.2. The molecule has 0 spiro atoms. The molecular formula is C10H9N8S-. The Morgan fingerprint density at radius 3 is 2.74 bits per heavy atom. The number of thioether (sulfide) groups is 1. The highest BCUT2D eigenvalue weighted by Gasteiger charge is 2.06. The van der Waals surface area contributed by atoms with Gasteiger partial charge in [0.2, 0.25) is 5.82 Å². The average Bonchev–Trinajstić information content (AvgIpc) is 3.11. The molecular weight excluding hydrogens is 264 g/mol. The second-order valence-corrected chi connectivity index (χ2v) is 4.55. The Hall–Kier alpha value is -2.29. The van der Waals surface area contributed by atoms with Gasteiger partial charge in [-0.05, 0) is 35.7 Å². The molecule has 2 aromatic heterocycles. The minimum absolute atomic E-state index is 0.308. The van der Waals surface area contributed by atoms with E-state index in [9.17, 15) is 0 Å². The first-order chi connectivity index (χ1) is 9.35. The zero-order valence-corrected chi connectivity index (χ0v) is 10.8. The molecule has 0 aliphatic rings. The molecule has 0 radical (unpaired) electrons. The van der Waals surface area contributed by atoms with Crippen molar-refractivity contribution >= 4 is 11.8 Å². The maximum absolute atomic E-state index is 4.26. The Labute approximate surface area is 112 Å². The molecule has 8 nitrogen and oxygen atoms in total. The standard InChI is InChI=1S/C10H9N8S/c1-19-8-4-2-7(3-5-8)10-13-17-18(14-10)6-9-11-15-16-12-9/h2-5H,6H2,1H3/q-1. The molecule has 0 amide bonds. The molecule has 0 saturated heterocycles. The highest BCUT2D eigenvalue weighted by molar-refractivity contribution is 7.98. The van der Waals surface area contributed by atoms with Crippen molar-refractivity contribution in [2.45, 2.75) is 11.4 Å². The molecule has 96 valence electrons. The fraction of sp³-hybridized carbons (Fsp3) is 0.200. The second kappa shape index (κ2) is 5.14. The maximum Gasteiger partial charge on any atom is 0.204 e. The molecule has 2 heterocycles. The molecule has 0 atom stereocenters. The smallest absolute Gasteiger partial charge is 0.204 e. The predicted molar refractivity (Wildman–Crippen MR) is 67.3 cm³/mol. The molecule has 0 N–H and O–H groups in total. The molecule has 9 heteroatoms. The van der Waals surface area contributed by atoms with Crippen molar-refractivity contribution in [1.82, 2.24) is 40.8 Å². The van der Waals surface area contributed by atoms with E-state index in [4.69, 9.17) is 0 Å². The SMILES string of the molecule is CSc1ccc(-c2nnn(Cc3nnn[n-]3)n2)cc1. The molecule has 0 saturated carbocycles. The van der Waals surface area contributed by atoms with Crippen LogP contribution in [0.2, 0.25) is 0 Å². The Kier molecular flexibility index (Phi) is 3.19. The van der Waals surface area contributed by atoms with Crippen LogP contribution in [0, 0.1) is 0 Å². The Balaban J connectivity index is 1.80. The van der Waals surface area contributed by atoms with Gasteiger partial charge < -0.3 is 5.10 Å². The Bertz CT molecular complexity index is 644. The van der Waals surface area contributed by atoms with Crippen LogP contribution in [-0.2, 0) is 6.54 Å². The van der Waals surface area contributed by atoms with Gasteiger partial charge in [-0.25, -0.2) is 0 Å². The molecule has 0 fully saturated rings. The summed E-state index contributed by atoms with van der Waals surface area (Å²) in [6.45, 7) is 0.308. The van der Waals surface area contributed by atoms with Crippen molar-refractivity contribution in [3.05, 3.63) is 30.1 Å². The van der Waals surface area contributed by atoms with E-state index in [1.165, 1.54) is 9.69 Å². The van der Waals surface area contributed by atoms with Crippen LogP contribution in [0.1, 0.15) is 5.82 Å². The normalized spacial score (nSPS) is 10.8. The quantitative estimate of drug-likeness (QED) is 0.624. The van der Waals surface area contributed by atoms with E-state index in [2.05, 4.69) is 36.0 Å². The van der Waals surface area contributed by atoms with Crippen molar-refractivity contribution in [1.29, 1.82) is 0 Å². The van der Waals surface area contributed by atoms with Crippen LogP contribution >= 0.6 is 11.8 Å². The summed E-state index contributed by atoms with van der Waals surface area (Å²) in [5.41, 5.74) is 0.920. The number of hydrogen-bond acceptors (Lipinski definition) is 7. The first kappa shape index (κ1) is 11.8. The lowest BCUT2D eigenvalue weighted by Gasteiger charge is -1.98. The average molecular weight is 273 g/mol. The van der Waals surface area contributed by atoms with E-state index < -0.39 is 0 Å². The van der Waals surface area contributed by atoms with E-state index in [1.54, 1.807) is 11.8 Å². The van der Waals surface area contributed by atoms with Crippen molar-refractivity contribution in [3.63, 3.8) is 0 Å². The molecule has 0 unspecified atom stereocenters. The van der Waals surface area contributed by atoms with E-state index in [-0.39, 0.29) is 0 Å². The van der Waals surface area contributed by atoms with Crippen LogP contribution in [0.3, 0.4) is 0 Å². The van der Waals surface area contributed by atoms with Gasteiger partial charge in [-0.1, -0.05) is 0 Å². The maximum atomic E-state index is 4.26. The minimum Gasteiger partial charge on any atom is -0.333 e. The summed E-state index contributed by atoms with van der Waals surface area (Å²) in [5.74, 6) is 1.03. The third-order valence-corrected chi connectivity index (χ3v) is 3.19. The summed E-state index contributed by atoms with van der Waals surface area (Å²) in [6, 6.07) is 7.98. The molecule has 3 aromatic rings. The van der Waals surface area contributed by atoms with Crippen LogP contribution in [0.25, 0.3) is 11.4 Å². The highest BCUT2D eigenvalue weighted by atomic mass is 32.2. The molecule has 19 heavy (non-hydrogen) atoms. The van der Waals surface area contributed by atoms with Gasteiger partial charge in [0.15, 0.2) is 0 Å². The number of hydrogen-bond donors (Lipinski definition) is 0. The van der Waals surface area contributed by atoms with Crippen molar-refractivity contribution in [3.8, 4) is 11.4 Å². The zero-order chi connectivity index (χ0) is 13.1. The van der Waals surface area contributed by atoms with Crippen LogP contribution < -0.4 is 5.10 Å². The van der Waals surface area contributed by atoms with Crippen molar-refractivity contribution in [2.75, 3.05) is 6.26 Å². The van der Waals surface area contributed by atoms with E-state index in [0.717, 1.165) is 5.56 Å². The molecule has 0 aliphatic carbocycles. The van der Waals surface area contributed by atoms with Gasteiger partial charge in [0, 0.05) is 16.3 Å². The second-order valence-electron chi connectivity index (χ2n) is 3.67. The molecule has 1 aromatic carbocycles. The molecule has 0 aliphatic heterocycles. The number of tetrazole rings is 2. The van der Waals surface area contributed by atoms with Crippen molar-refractivity contribution in [2.24, 2.45) is 0 Å². The van der Waals surface area contributed by atoms with Crippen LogP contribution in [-0.4, -0.2) is 42.0 Å². The van der Waals surface area contributed by atoms with Gasteiger partial charge in [0.1, 0.15) is 0 Å². The van der Waals surface area contributed by atoms with Gasteiger partial charge in [-0.3, -0.25) is 10.3 Å². The Morgan fingerprint density at radius 1 is 1.21 bits per heavy atom. The minimum atomic E-state index is 0.308. The lowest BCUT2D eigenvalue weighted by molar-refractivity contribution is 0.553. The number of aromatic nitrogens is 8. The van der Waals surface area contributed by atoms with Gasteiger partial charge in [-0.15, -0.1) is 22.0 Å². The zero-order valence-electron chi connectivity index (χ0n) is 10.0. The van der Waals surface area contributed by atoms with Crippen LogP contribution in [0.4, 0.5) is 0 Å². The first-order valence-electron chi connectivity index (χ1n) is 5.45. The summed E-state index contributed by atoms with van der Waals surface area (Å²) in [7, 11) is 0. The van der Waals surface area contributed by atoms with Crippen molar-refractivity contribution < 1.29 is 0 Å². The largest absolute Gasteiger partial charge is 0.333 e. The lowest BCUT2D eigenvalue weighted by Crippen LogP contribution is -2.06. The first-order valence-corrected chi connectivity index (χ1v) is 6.67. The predicted octanol–water partition coefficient (Wildman–Crippen LogP) is 0.252. The summed E-state index contributed by atoms with van der Waals surface area (Å²) >= 11 is 1.69. The third kappa shape index (κ3) is 2.60. The molecule has 3 rings (SSSR count). The summed E-state index contributed by atoms with van der Waals surface area (Å²) in [5, 5.41) is 26.4. The molecule has 0 bridgehead atoms. The Morgan fingerprint density at radius 2 is 2.05 bits per heavy atom. The van der Waals surface area contributed by atoms with Gasteiger partial charge in [0.05, 0.1) is 6.54 Å². The van der Waals surface area contributed by atoms with Crippen LogP contribution in [0.15, 0.2) is 29.2 Å². The monoisotopic (exact) mass is 273 g/mol. The highest BCUT2D eigenvalue weighted by Crippen LogP contribution is 2.19. The number of rotatable bonds is 4.